The van der Waals surface area contributed by atoms with E-state index in [1.807, 2.05) is 0 Å². The molecule has 1 saturated heterocycles. The highest BCUT2D eigenvalue weighted by Crippen LogP contribution is 2.49. The first kappa shape index (κ1) is 20.4. The minimum Gasteiger partial charge on any atom is -0.345 e. The zero-order valence-electron chi connectivity index (χ0n) is 19.2. The SMILES string of the molecule is Cc1cc2c(s1)Nc1ccccc1N=C2N1C(C)(C)C(C)(C)NC(C)(C)C1(C)C. The highest BCUT2D eigenvalue weighted by molar-refractivity contribution is 7.16. The Morgan fingerprint density at radius 2 is 1.48 bits per heavy atom. The molecule has 0 unspecified atom stereocenters. The Balaban J connectivity index is 2.03. The second-order valence-corrected chi connectivity index (χ2v) is 11.8. The number of anilines is 2. The minimum absolute atomic E-state index is 0.112. The van der Waals surface area contributed by atoms with Gasteiger partial charge in [0.05, 0.1) is 28.0 Å². The highest BCUT2D eigenvalue weighted by atomic mass is 32.1. The lowest BCUT2D eigenvalue weighted by Gasteiger charge is -2.68. The third-order valence-corrected chi connectivity index (χ3v) is 8.45. The summed E-state index contributed by atoms with van der Waals surface area (Å²) >= 11 is 1.80. The van der Waals surface area contributed by atoms with Crippen molar-refractivity contribution in [1.29, 1.82) is 0 Å². The monoisotopic (exact) mass is 410 g/mol. The van der Waals surface area contributed by atoms with Crippen LogP contribution in [0.3, 0.4) is 0 Å². The van der Waals surface area contributed by atoms with Gasteiger partial charge in [0.25, 0.3) is 0 Å². The predicted molar refractivity (Wildman–Crippen MR) is 126 cm³/mol. The summed E-state index contributed by atoms with van der Waals surface area (Å²) in [4.78, 5) is 9.16. The Morgan fingerprint density at radius 3 is 2.10 bits per heavy atom. The smallest absolute Gasteiger partial charge is 0.140 e. The van der Waals surface area contributed by atoms with E-state index in [0.29, 0.717) is 0 Å². The molecular weight excluding hydrogens is 376 g/mol. The molecule has 4 rings (SSSR count). The molecule has 0 spiro atoms. The van der Waals surface area contributed by atoms with Gasteiger partial charge < -0.3 is 15.5 Å². The molecule has 5 heteroatoms. The van der Waals surface area contributed by atoms with Gasteiger partial charge in [0.1, 0.15) is 10.8 Å². The lowest BCUT2D eigenvalue weighted by molar-refractivity contribution is -0.0816. The van der Waals surface area contributed by atoms with Crippen molar-refractivity contribution in [2.75, 3.05) is 5.32 Å². The fraction of sp³-hybridized carbons (Fsp3) is 0.542. The second kappa shape index (κ2) is 6.08. The number of thiophene rings is 1. The van der Waals surface area contributed by atoms with Gasteiger partial charge >= 0.3 is 0 Å². The largest absolute Gasteiger partial charge is 0.345 e. The van der Waals surface area contributed by atoms with Gasteiger partial charge in [0.2, 0.25) is 0 Å². The van der Waals surface area contributed by atoms with Crippen LogP contribution in [0.25, 0.3) is 0 Å². The quantitative estimate of drug-likeness (QED) is 0.542. The summed E-state index contributed by atoms with van der Waals surface area (Å²) in [6, 6.07) is 10.6. The Kier molecular flexibility index (Phi) is 4.28. The molecule has 1 fully saturated rings. The maximum absolute atomic E-state index is 5.30. The molecule has 29 heavy (non-hydrogen) atoms. The van der Waals surface area contributed by atoms with E-state index in [9.17, 15) is 0 Å². The van der Waals surface area contributed by atoms with E-state index in [2.05, 4.69) is 108 Å². The molecule has 2 N–H and O–H groups in total. The lowest BCUT2D eigenvalue weighted by Crippen LogP contribution is -2.84. The fourth-order valence-corrected chi connectivity index (χ4v) is 5.71. The van der Waals surface area contributed by atoms with Gasteiger partial charge in [0.15, 0.2) is 0 Å². The number of rotatable bonds is 0. The van der Waals surface area contributed by atoms with Crippen molar-refractivity contribution in [2.24, 2.45) is 4.99 Å². The maximum Gasteiger partial charge on any atom is 0.140 e. The van der Waals surface area contributed by atoms with E-state index in [1.54, 1.807) is 11.3 Å². The summed E-state index contributed by atoms with van der Waals surface area (Å²) in [5.41, 5.74) is 2.68. The molecule has 0 bridgehead atoms. The molecule has 2 aliphatic rings. The summed E-state index contributed by atoms with van der Waals surface area (Å²) in [5.74, 6) is 1.06. The molecule has 4 nitrogen and oxygen atoms in total. The van der Waals surface area contributed by atoms with Crippen molar-refractivity contribution < 1.29 is 0 Å². The maximum atomic E-state index is 5.30. The first-order valence-electron chi connectivity index (χ1n) is 10.4. The van der Waals surface area contributed by atoms with Crippen molar-refractivity contribution in [3.8, 4) is 0 Å². The topological polar surface area (TPSA) is 39.7 Å². The summed E-state index contributed by atoms with van der Waals surface area (Å²) in [6.45, 7) is 20.7. The Morgan fingerprint density at radius 1 is 0.897 bits per heavy atom. The van der Waals surface area contributed by atoms with Gasteiger partial charge in [-0.2, -0.15) is 0 Å². The number of para-hydroxylation sites is 2. The zero-order chi connectivity index (χ0) is 21.4. The fourth-order valence-electron chi connectivity index (χ4n) is 4.79. The number of hydrogen-bond donors (Lipinski definition) is 2. The first-order valence-corrected chi connectivity index (χ1v) is 11.2. The molecule has 0 atom stereocenters. The van der Waals surface area contributed by atoms with Crippen LogP contribution in [0, 0.1) is 6.92 Å². The van der Waals surface area contributed by atoms with E-state index >= 15 is 0 Å². The summed E-state index contributed by atoms with van der Waals surface area (Å²) in [5, 5.41) is 8.76. The van der Waals surface area contributed by atoms with Gasteiger partial charge in [0, 0.05) is 16.0 Å². The highest BCUT2D eigenvalue weighted by Gasteiger charge is 2.60. The average Bonchev–Trinajstić information content (AvgIpc) is 2.86. The minimum atomic E-state index is -0.169. The van der Waals surface area contributed by atoms with Crippen LogP contribution in [0.1, 0.15) is 65.8 Å². The van der Waals surface area contributed by atoms with E-state index < -0.39 is 0 Å². The van der Waals surface area contributed by atoms with Crippen LogP contribution in [-0.2, 0) is 0 Å². The molecule has 0 aliphatic carbocycles. The number of fused-ring (bicyclic) bond motifs is 2. The Hall–Kier alpha value is -1.85. The molecule has 1 aromatic carbocycles. The van der Waals surface area contributed by atoms with Crippen LogP contribution in [-0.4, -0.2) is 32.9 Å². The van der Waals surface area contributed by atoms with Crippen LogP contribution in [0.4, 0.5) is 16.4 Å². The van der Waals surface area contributed by atoms with Crippen LogP contribution < -0.4 is 10.6 Å². The van der Waals surface area contributed by atoms with Crippen LogP contribution in [0.15, 0.2) is 35.3 Å². The molecule has 1 aromatic heterocycles. The second-order valence-electron chi connectivity index (χ2n) is 10.5. The number of piperazine rings is 1. The number of hydrogen-bond acceptors (Lipinski definition) is 5. The zero-order valence-corrected chi connectivity index (χ0v) is 20.0. The number of benzene rings is 1. The average molecular weight is 411 g/mol. The number of nitrogens with one attached hydrogen (secondary N) is 2. The van der Waals surface area contributed by atoms with Crippen molar-refractivity contribution in [1.82, 2.24) is 10.2 Å². The van der Waals surface area contributed by atoms with Gasteiger partial charge in [-0.3, -0.25) is 0 Å². The van der Waals surface area contributed by atoms with Crippen molar-refractivity contribution >= 4 is 33.5 Å². The van der Waals surface area contributed by atoms with Gasteiger partial charge in [-0.15, -0.1) is 11.3 Å². The van der Waals surface area contributed by atoms with Crippen LogP contribution in [0.2, 0.25) is 0 Å². The van der Waals surface area contributed by atoms with Crippen LogP contribution in [0.5, 0.6) is 0 Å². The van der Waals surface area contributed by atoms with Crippen molar-refractivity contribution in [2.45, 2.75) is 84.5 Å². The molecule has 0 radical (unpaired) electrons. The normalized spacial score (nSPS) is 23.3. The van der Waals surface area contributed by atoms with E-state index in [1.165, 1.54) is 15.4 Å². The molecule has 3 heterocycles. The standard InChI is InChI=1S/C24H34N4S/c1-15-14-16-19(25-17-12-10-11-13-18(17)26-20(16)29-15)28-23(6,7)21(2,3)27-22(4,5)24(28,8)9/h10-14,26-27H,1-9H3. The van der Waals surface area contributed by atoms with Gasteiger partial charge in [-0.1, -0.05) is 12.1 Å². The van der Waals surface area contributed by atoms with Gasteiger partial charge in [-0.05, 0) is 80.5 Å². The number of aryl methyl sites for hydroxylation is 1. The van der Waals surface area contributed by atoms with Crippen LogP contribution >= 0.6 is 11.3 Å². The van der Waals surface area contributed by atoms with E-state index in [-0.39, 0.29) is 22.2 Å². The number of amidine groups is 1. The van der Waals surface area contributed by atoms with E-state index in [4.69, 9.17) is 4.99 Å². The number of aliphatic imine (C=N–C) groups is 1. The Bertz CT molecular complexity index is 968. The number of nitrogens with zero attached hydrogens (tertiary/aromatic N) is 2. The molecule has 0 saturated carbocycles. The third kappa shape index (κ3) is 2.85. The summed E-state index contributed by atoms with van der Waals surface area (Å²) < 4.78 is 0. The summed E-state index contributed by atoms with van der Waals surface area (Å²) in [7, 11) is 0. The Labute approximate surface area is 179 Å². The first-order chi connectivity index (χ1) is 13.3. The molecular formula is C24H34N4S. The van der Waals surface area contributed by atoms with E-state index in [0.717, 1.165) is 17.2 Å². The lowest BCUT2D eigenvalue weighted by atomic mass is 9.66. The summed E-state index contributed by atoms with van der Waals surface area (Å²) in [6.07, 6.45) is 0. The van der Waals surface area contributed by atoms with Gasteiger partial charge in [-0.25, -0.2) is 4.99 Å². The van der Waals surface area contributed by atoms with Crippen molar-refractivity contribution in [3.05, 3.63) is 40.8 Å². The predicted octanol–water partition coefficient (Wildman–Crippen LogP) is 6.21. The molecule has 2 aromatic rings. The van der Waals surface area contributed by atoms with Crippen molar-refractivity contribution in [3.63, 3.8) is 0 Å². The molecule has 0 amide bonds. The third-order valence-electron chi connectivity index (χ3n) is 7.49. The molecule has 156 valence electrons. The molecule has 2 aliphatic heterocycles.